The van der Waals surface area contributed by atoms with E-state index in [4.69, 9.17) is 19.9 Å². The fourth-order valence-electron chi connectivity index (χ4n) is 3.02. The molecule has 0 aliphatic rings. The highest BCUT2D eigenvalue weighted by atomic mass is 16.5. The Hall–Kier alpha value is -2.20. The van der Waals surface area contributed by atoms with Gasteiger partial charge in [-0.25, -0.2) is 0 Å². The van der Waals surface area contributed by atoms with Crippen molar-refractivity contribution in [1.29, 1.82) is 0 Å². The molecule has 2 rings (SSSR count). The maximum Gasteiger partial charge on any atom is 0.125 e. The summed E-state index contributed by atoms with van der Waals surface area (Å²) < 4.78 is 16.7. The highest BCUT2D eigenvalue weighted by Gasteiger charge is 2.19. The summed E-state index contributed by atoms with van der Waals surface area (Å²) in [7, 11) is 3.33. The lowest BCUT2D eigenvalue weighted by Gasteiger charge is -2.22. The molecule has 1 atom stereocenters. The number of hydrogen-bond donors (Lipinski definition) is 1. The molecule has 0 heterocycles. The molecule has 4 nitrogen and oxygen atoms in total. The molecule has 0 fully saturated rings. The maximum absolute atomic E-state index is 6.13. The van der Waals surface area contributed by atoms with Crippen LogP contribution in [0.25, 0.3) is 0 Å². The molecule has 2 N–H and O–H groups in total. The van der Waals surface area contributed by atoms with Crippen molar-refractivity contribution in [2.75, 3.05) is 27.4 Å². The van der Waals surface area contributed by atoms with E-state index in [0.29, 0.717) is 13.2 Å². The van der Waals surface area contributed by atoms with Crippen LogP contribution in [-0.4, -0.2) is 27.4 Å². The van der Waals surface area contributed by atoms with E-state index in [9.17, 15) is 0 Å². The molecule has 1 unspecified atom stereocenters. The fourth-order valence-corrected chi connectivity index (χ4v) is 3.02. The standard InChI is InChI=1S/C21H29NO3/c1-6-25-21-10-15(3)14(2)9-19(21)17(13-22)11-16-7-8-18(23-4)12-20(16)24-5/h7-10,12,17H,6,11,13,22H2,1-5H3. The first kappa shape index (κ1) is 19.1. The summed E-state index contributed by atoms with van der Waals surface area (Å²) in [6.07, 6.45) is 0.784. The third-order valence-electron chi connectivity index (χ3n) is 4.61. The van der Waals surface area contributed by atoms with Crippen LogP contribution in [0.5, 0.6) is 17.2 Å². The largest absolute Gasteiger partial charge is 0.497 e. The highest BCUT2D eigenvalue weighted by molar-refractivity contribution is 5.46. The van der Waals surface area contributed by atoms with E-state index in [1.807, 2.05) is 25.1 Å². The van der Waals surface area contributed by atoms with E-state index >= 15 is 0 Å². The number of benzene rings is 2. The number of methoxy groups -OCH3 is 2. The van der Waals surface area contributed by atoms with Crippen molar-refractivity contribution in [3.05, 3.63) is 52.6 Å². The Labute approximate surface area is 150 Å². The zero-order chi connectivity index (χ0) is 18.4. The van der Waals surface area contributed by atoms with Crippen LogP contribution in [0.4, 0.5) is 0 Å². The minimum atomic E-state index is 0.156. The summed E-state index contributed by atoms with van der Waals surface area (Å²) in [6.45, 7) is 7.40. The Morgan fingerprint density at radius 2 is 1.68 bits per heavy atom. The lowest BCUT2D eigenvalue weighted by Crippen LogP contribution is -2.17. The molecule has 0 saturated heterocycles. The Balaban J connectivity index is 2.39. The fraction of sp³-hybridized carbons (Fsp3) is 0.429. The topological polar surface area (TPSA) is 53.7 Å². The van der Waals surface area contributed by atoms with Crippen LogP contribution in [-0.2, 0) is 6.42 Å². The van der Waals surface area contributed by atoms with Crippen LogP contribution in [0.15, 0.2) is 30.3 Å². The summed E-state index contributed by atoms with van der Waals surface area (Å²) in [4.78, 5) is 0. The summed E-state index contributed by atoms with van der Waals surface area (Å²) in [5, 5.41) is 0. The van der Waals surface area contributed by atoms with E-state index < -0.39 is 0 Å². The van der Waals surface area contributed by atoms with Gasteiger partial charge in [-0.3, -0.25) is 0 Å². The molecule has 0 bridgehead atoms. The lowest BCUT2D eigenvalue weighted by atomic mass is 9.89. The maximum atomic E-state index is 6.13. The van der Waals surface area contributed by atoms with E-state index in [-0.39, 0.29) is 5.92 Å². The molecule has 25 heavy (non-hydrogen) atoms. The smallest absolute Gasteiger partial charge is 0.125 e. The van der Waals surface area contributed by atoms with Crippen molar-refractivity contribution in [1.82, 2.24) is 0 Å². The third kappa shape index (κ3) is 4.45. The van der Waals surface area contributed by atoms with Crippen LogP contribution >= 0.6 is 0 Å². The normalized spacial score (nSPS) is 11.9. The van der Waals surface area contributed by atoms with Crippen LogP contribution in [0.1, 0.15) is 35.1 Å². The molecule has 2 aromatic rings. The predicted octanol–water partition coefficient (Wildman–Crippen LogP) is 4.00. The second-order valence-electron chi connectivity index (χ2n) is 6.22. The summed E-state index contributed by atoms with van der Waals surface area (Å²) in [5.41, 5.74) is 10.9. The Bertz CT molecular complexity index is 713. The second-order valence-corrected chi connectivity index (χ2v) is 6.22. The van der Waals surface area contributed by atoms with Gasteiger partial charge >= 0.3 is 0 Å². The van der Waals surface area contributed by atoms with Gasteiger partial charge in [-0.15, -0.1) is 0 Å². The summed E-state index contributed by atoms with van der Waals surface area (Å²) in [5.74, 6) is 2.68. The summed E-state index contributed by atoms with van der Waals surface area (Å²) >= 11 is 0. The number of ether oxygens (including phenoxy) is 3. The van der Waals surface area contributed by atoms with Gasteiger partial charge in [0.25, 0.3) is 0 Å². The van der Waals surface area contributed by atoms with Crippen molar-refractivity contribution >= 4 is 0 Å². The number of rotatable bonds is 8. The quantitative estimate of drug-likeness (QED) is 0.787. The Morgan fingerprint density at radius 3 is 2.28 bits per heavy atom. The third-order valence-corrected chi connectivity index (χ3v) is 4.61. The number of nitrogens with two attached hydrogens (primary N) is 1. The first-order chi connectivity index (χ1) is 12.0. The minimum absolute atomic E-state index is 0.156. The SMILES string of the molecule is CCOc1cc(C)c(C)cc1C(CN)Cc1ccc(OC)cc1OC. The number of hydrogen-bond acceptors (Lipinski definition) is 4. The van der Waals surface area contributed by atoms with E-state index in [1.165, 1.54) is 11.1 Å². The Kier molecular flexibility index (Phi) is 6.71. The molecular weight excluding hydrogens is 314 g/mol. The van der Waals surface area contributed by atoms with Gasteiger partial charge in [-0.2, -0.15) is 0 Å². The molecule has 0 spiro atoms. The van der Waals surface area contributed by atoms with Gasteiger partial charge in [0, 0.05) is 12.0 Å². The predicted molar refractivity (Wildman–Crippen MR) is 102 cm³/mol. The van der Waals surface area contributed by atoms with E-state index in [1.54, 1.807) is 14.2 Å². The zero-order valence-corrected chi connectivity index (χ0v) is 15.9. The minimum Gasteiger partial charge on any atom is -0.497 e. The van der Waals surface area contributed by atoms with Crippen molar-refractivity contribution in [3.8, 4) is 17.2 Å². The van der Waals surface area contributed by atoms with Crippen LogP contribution < -0.4 is 19.9 Å². The summed E-state index contributed by atoms with van der Waals surface area (Å²) in [6, 6.07) is 10.2. The molecule has 2 aromatic carbocycles. The van der Waals surface area contributed by atoms with Crippen molar-refractivity contribution < 1.29 is 14.2 Å². The molecule has 0 aliphatic heterocycles. The average Bonchev–Trinajstić information content (AvgIpc) is 2.63. The van der Waals surface area contributed by atoms with Crippen molar-refractivity contribution in [2.45, 2.75) is 33.1 Å². The molecule has 0 radical (unpaired) electrons. The monoisotopic (exact) mass is 343 g/mol. The molecule has 0 aromatic heterocycles. The van der Waals surface area contributed by atoms with Gasteiger partial charge in [0.05, 0.1) is 20.8 Å². The Morgan fingerprint density at radius 1 is 0.960 bits per heavy atom. The first-order valence-electron chi connectivity index (χ1n) is 8.68. The van der Waals surface area contributed by atoms with E-state index in [0.717, 1.165) is 34.8 Å². The van der Waals surface area contributed by atoms with Crippen LogP contribution in [0.3, 0.4) is 0 Å². The first-order valence-corrected chi connectivity index (χ1v) is 8.68. The van der Waals surface area contributed by atoms with Crippen molar-refractivity contribution in [2.24, 2.45) is 5.73 Å². The lowest BCUT2D eigenvalue weighted by molar-refractivity contribution is 0.333. The van der Waals surface area contributed by atoms with Gasteiger partial charge < -0.3 is 19.9 Å². The molecule has 0 saturated carbocycles. The van der Waals surface area contributed by atoms with Crippen LogP contribution in [0, 0.1) is 13.8 Å². The molecule has 4 heteroatoms. The van der Waals surface area contributed by atoms with Gasteiger partial charge in [-0.05, 0) is 68.1 Å². The van der Waals surface area contributed by atoms with E-state index in [2.05, 4.69) is 26.0 Å². The molecular formula is C21H29NO3. The second kappa shape index (κ2) is 8.77. The molecule has 0 aliphatic carbocycles. The van der Waals surface area contributed by atoms with Gasteiger partial charge in [0.2, 0.25) is 0 Å². The van der Waals surface area contributed by atoms with Crippen LogP contribution in [0.2, 0.25) is 0 Å². The van der Waals surface area contributed by atoms with Gasteiger partial charge in [0.1, 0.15) is 17.2 Å². The molecule has 0 amide bonds. The van der Waals surface area contributed by atoms with Crippen molar-refractivity contribution in [3.63, 3.8) is 0 Å². The average molecular weight is 343 g/mol. The number of aryl methyl sites for hydroxylation is 2. The highest BCUT2D eigenvalue weighted by Crippen LogP contribution is 2.34. The van der Waals surface area contributed by atoms with Gasteiger partial charge in [-0.1, -0.05) is 12.1 Å². The zero-order valence-electron chi connectivity index (χ0n) is 15.9. The molecule has 136 valence electrons. The van der Waals surface area contributed by atoms with Gasteiger partial charge in [0.15, 0.2) is 0 Å².